The van der Waals surface area contributed by atoms with Gasteiger partial charge < -0.3 is 9.32 Å². The molecule has 0 atom stereocenters. The molecule has 0 saturated carbocycles. The lowest BCUT2D eigenvalue weighted by Crippen LogP contribution is -2.32. The molecule has 1 aliphatic rings. The van der Waals surface area contributed by atoms with Crippen LogP contribution in [0.4, 0.5) is 10.1 Å². The third-order valence-corrected chi connectivity index (χ3v) is 5.64. The fourth-order valence-electron chi connectivity index (χ4n) is 3.15. The third kappa shape index (κ3) is 3.90. The van der Waals surface area contributed by atoms with Crippen LogP contribution < -0.4 is 4.90 Å². The first-order valence-electron chi connectivity index (χ1n) is 8.94. The fourth-order valence-corrected chi connectivity index (χ4v) is 4.14. The largest absolute Gasteiger partial charge is 0.441 e. The maximum Gasteiger partial charge on any atom is 0.227 e. The molecule has 0 unspecified atom stereocenters. The van der Waals surface area contributed by atoms with Crippen molar-refractivity contribution < 1.29 is 13.6 Å². The van der Waals surface area contributed by atoms with Crippen LogP contribution >= 0.6 is 11.8 Å². The van der Waals surface area contributed by atoms with Gasteiger partial charge in [0, 0.05) is 24.3 Å². The van der Waals surface area contributed by atoms with Crippen molar-refractivity contribution in [3.8, 4) is 11.3 Å². The molecule has 0 fully saturated rings. The Morgan fingerprint density at radius 1 is 1.19 bits per heavy atom. The van der Waals surface area contributed by atoms with Crippen LogP contribution in [0, 0.1) is 5.82 Å². The molecule has 4 nitrogen and oxygen atoms in total. The Hall–Kier alpha value is -2.60. The first kappa shape index (κ1) is 17.8. The molecule has 1 amide bonds. The summed E-state index contributed by atoms with van der Waals surface area (Å²) in [5.41, 5.74) is 1.35. The molecular formula is C21H19FN2O2S. The van der Waals surface area contributed by atoms with E-state index in [0.717, 1.165) is 29.3 Å². The summed E-state index contributed by atoms with van der Waals surface area (Å²) in [5.74, 6) is 1.53. The van der Waals surface area contributed by atoms with Gasteiger partial charge in [-0.05, 0) is 36.4 Å². The summed E-state index contributed by atoms with van der Waals surface area (Å²) in [6, 6.07) is 14.4. The molecule has 2 aromatic carbocycles. The molecule has 138 valence electrons. The molecule has 27 heavy (non-hydrogen) atoms. The molecule has 0 saturated heterocycles. The van der Waals surface area contributed by atoms with E-state index in [2.05, 4.69) is 11.1 Å². The summed E-state index contributed by atoms with van der Waals surface area (Å²) in [7, 11) is 0. The number of thioether (sulfide) groups is 1. The fraction of sp³-hybridized carbons (Fsp3) is 0.238. The Bertz CT molecular complexity index is 957. The van der Waals surface area contributed by atoms with E-state index in [1.807, 2.05) is 23.1 Å². The van der Waals surface area contributed by atoms with Crippen molar-refractivity contribution >= 4 is 23.4 Å². The predicted molar refractivity (Wildman–Crippen MR) is 104 cm³/mol. The number of aromatic nitrogens is 1. The lowest BCUT2D eigenvalue weighted by atomic mass is 10.2. The SMILES string of the molecule is O=C(CCc1ncc(-c2ccccc2F)o1)N1CCCSc2ccccc21. The monoisotopic (exact) mass is 382 g/mol. The number of hydrogen-bond acceptors (Lipinski definition) is 4. The summed E-state index contributed by atoms with van der Waals surface area (Å²) in [5, 5.41) is 0. The Balaban J connectivity index is 1.45. The summed E-state index contributed by atoms with van der Waals surface area (Å²) < 4.78 is 19.5. The van der Waals surface area contributed by atoms with Crippen molar-refractivity contribution in [2.45, 2.75) is 24.2 Å². The normalized spacial score (nSPS) is 13.9. The molecule has 1 aliphatic heterocycles. The first-order chi connectivity index (χ1) is 13.2. The number of nitrogens with zero attached hydrogens (tertiary/aromatic N) is 2. The molecule has 3 aromatic rings. The van der Waals surface area contributed by atoms with Gasteiger partial charge in [0.25, 0.3) is 0 Å². The van der Waals surface area contributed by atoms with Gasteiger partial charge in [-0.1, -0.05) is 24.3 Å². The van der Waals surface area contributed by atoms with E-state index in [9.17, 15) is 9.18 Å². The zero-order chi connectivity index (χ0) is 18.6. The third-order valence-electron chi connectivity index (χ3n) is 4.49. The van der Waals surface area contributed by atoms with Crippen molar-refractivity contribution in [1.29, 1.82) is 0 Å². The molecule has 0 spiro atoms. The number of halogens is 1. The molecule has 0 N–H and O–H groups in total. The lowest BCUT2D eigenvalue weighted by molar-refractivity contribution is -0.118. The van der Waals surface area contributed by atoms with Crippen molar-refractivity contribution in [2.24, 2.45) is 0 Å². The van der Waals surface area contributed by atoms with E-state index >= 15 is 0 Å². The Kier molecular flexibility index (Phi) is 5.25. The molecule has 1 aromatic heterocycles. The number of para-hydroxylation sites is 1. The number of carbonyl (C=O) groups excluding carboxylic acids is 1. The maximum absolute atomic E-state index is 13.9. The highest BCUT2D eigenvalue weighted by molar-refractivity contribution is 7.99. The molecule has 0 bridgehead atoms. The molecule has 2 heterocycles. The van der Waals surface area contributed by atoms with Gasteiger partial charge in [-0.25, -0.2) is 9.37 Å². The van der Waals surface area contributed by atoms with Crippen LogP contribution in [0.1, 0.15) is 18.7 Å². The number of oxazole rings is 1. The Morgan fingerprint density at radius 3 is 2.89 bits per heavy atom. The average molecular weight is 382 g/mol. The van der Waals surface area contributed by atoms with E-state index in [4.69, 9.17) is 4.42 Å². The number of hydrogen-bond donors (Lipinski definition) is 0. The van der Waals surface area contributed by atoms with E-state index in [-0.39, 0.29) is 11.7 Å². The highest BCUT2D eigenvalue weighted by atomic mass is 32.2. The number of benzene rings is 2. The standard InChI is InChI=1S/C21H19FN2O2S/c22-16-7-2-1-6-15(16)18-14-23-20(26-18)10-11-21(25)24-12-5-13-27-19-9-4-3-8-17(19)24/h1-4,6-9,14H,5,10-13H2. The van der Waals surface area contributed by atoms with E-state index in [1.54, 1.807) is 30.0 Å². The second-order valence-electron chi connectivity index (χ2n) is 6.31. The smallest absolute Gasteiger partial charge is 0.227 e. The van der Waals surface area contributed by atoms with Gasteiger partial charge in [0.1, 0.15) is 5.82 Å². The topological polar surface area (TPSA) is 46.3 Å². The van der Waals surface area contributed by atoms with Crippen LogP contribution in [0.2, 0.25) is 0 Å². The quantitative estimate of drug-likeness (QED) is 0.641. The van der Waals surface area contributed by atoms with Gasteiger partial charge >= 0.3 is 0 Å². The van der Waals surface area contributed by atoms with Gasteiger partial charge in [-0.15, -0.1) is 11.8 Å². The zero-order valence-electron chi connectivity index (χ0n) is 14.7. The second-order valence-corrected chi connectivity index (χ2v) is 7.45. The van der Waals surface area contributed by atoms with Gasteiger partial charge in [0.15, 0.2) is 11.7 Å². The highest BCUT2D eigenvalue weighted by Crippen LogP contribution is 2.34. The van der Waals surface area contributed by atoms with Gasteiger partial charge in [0.05, 0.1) is 17.4 Å². The lowest BCUT2D eigenvalue weighted by Gasteiger charge is -2.22. The molecule has 4 rings (SSSR count). The van der Waals surface area contributed by atoms with Crippen LogP contribution in [0.15, 0.2) is 64.0 Å². The minimum absolute atomic E-state index is 0.0515. The summed E-state index contributed by atoms with van der Waals surface area (Å²) >= 11 is 1.79. The van der Waals surface area contributed by atoms with E-state index in [1.165, 1.54) is 12.3 Å². The highest BCUT2D eigenvalue weighted by Gasteiger charge is 2.21. The number of amides is 1. The minimum atomic E-state index is -0.352. The van der Waals surface area contributed by atoms with Gasteiger partial charge in [0.2, 0.25) is 5.91 Å². The number of rotatable bonds is 4. The number of carbonyl (C=O) groups is 1. The summed E-state index contributed by atoms with van der Waals surface area (Å²) in [6.45, 7) is 0.717. The first-order valence-corrected chi connectivity index (χ1v) is 9.93. The second kappa shape index (κ2) is 7.96. The van der Waals surface area contributed by atoms with Gasteiger partial charge in [-0.3, -0.25) is 4.79 Å². The van der Waals surface area contributed by atoms with Crippen molar-refractivity contribution in [2.75, 3.05) is 17.2 Å². The Labute approximate surface area is 161 Å². The number of aryl methyl sites for hydroxylation is 1. The van der Waals surface area contributed by atoms with E-state index < -0.39 is 0 Å². The number of fused-ring (bicyclic) bond motifs is 1. The van der Waals surface area contributed by atoms with Crippen molar-refractivity contribution in [1.82, 2.24) is 4.98 Å². The number of anilines is 1. The van der Waals surface area contributed by atoms with Crippen LogP contribution in [-0.2, 0) is 11.2 Å². The maximum atomic E-state index is 13.9. The predicted octanol–water partition coefficient (Wildman–Crippen LogP) is 4.94. The van der Waals surface area contributed by atoms with Crippen molar-refractivity contribution in [3.05, 3.63) is 66.4 Å². The van der Waals surface area contributed by atoms with Crippen molar-refractivity contribution in [3.63, 3.8) is 0 Å². The molecular weight excluding hydrogens is 363 g/mol. The molecule has 6 heteroatoms. The molecule has 0 radical (unpaired) electrons. The Morgan fingerprint density at radius 2 is 2.00 bits per heavy atom. The van der Waals surface area contributed by atoms with Crippen LogP contribution in [-0.4, -0.2) is 23.2 Å². The van der Waals surface area contributed by atoms with Crippen LogP contribution in [0.5, 0.6) is 0 Å². The zero-order valence-corrected chi connectivity index (χ0v) is 15.5. The van der Waals surface area contributed by atoms with Crippen LogP contribution in [0.25, 0.3) is 11.3 Å². The molecule has 0 aliphatic carbocycles. The minimum Gasteiger partial charge on any atom is -0.441 e. The average Bonchev–Trinajstić information content (AvgIpc) is 3.05. The summed E-state index contributed by atoms with van der Waals surface area (Å²) in [6.07, 6.45) is 3.16. The van der Waals surface area contributed by atoms with Crippen LogP contribution in [0.3, 0.4) is 0 Å². The summed E-state index contributed by atoms with van der Waals surface area (Å²) in [4.78, 5) is 20.0. The van der Waals surface area contributed by atoms with Gasteiger partial charge in [-0.2, -0.15) is 0 Å². The van der Waals surface area contributed by atoms with E-state index in [0.29, 0.717) is 30.1 Å².